The molecule has 0 bridgehead atoms. The molecule has 4 rings (SSSR count). The van der Waals surface area contributed by atoms with Crippen LogP contribution in [-0.2, 0) is 12.8 Å². The molecule has 4 nitrogen and oxygen atoms in total. The summed E-state index contributed by atoms with van der Waals surface area (Å²) in [5.74, 6) is 0.529. The lowest BCUT2D eigenvalue weighted by Crippen LogP contribution is -2.34. The minimum absolute atomic E-state index is 0. The lowest BCUT2D eigenvalue weighted by molar-refractivity contribution is 0.0890. The molecule has 0 radical (unpaired) electrons. The first kappa shape index (κ1) is 29.8. The quantitative estimate of drug-likeness (QED) is 0.369. The average molecular weight is 504 g/mol. The minimum Gasteiger partial charge on any atom is -0.392 e. The minimum atomic E-state index is -0.219. The Kier molecular flexibility index (Phi) is 13.7. The Hall–Kier alpha value is -2.24. The van der Waals surface area contributed by atoms with Gasteiger partial charge in [-0.1, -0.05) is 62.3 Å². The number of nitrogens with zero attached hydrogens (tertiary/aromatic N) is 1. The number of carbonyl (C=O) groups is 1. The molecular formula is C28H36Cl2N2O2. The van der Waals surface area contributed by atoms with Crippen LogP contribution < -0.4 is 5.32 Å². The van der Waals surface area contributed by atoms with Gasteiger partial charge < -0.3 is 10.4 Å². The van der Waals surface area contributed by atoms with E-state index in [0.717, 1.165) is 48.5 Å². The Morgan fingerprint density at radius 2 is 1.38 bits per heavy atom. The molecule has 0 spiro atoms. The van der Waals surface area contributed by atoms with Crippen molar-refractivity contribution in [3.05, 3.63) is 99.8 Å². The highest BCUT2D eigenvalue weighted by Crippen LogP contribution is 2.20. The third-order valence-electron chi connectivity index (χ3n) is 5.57. The summed E-state index contributed by atoms with van der Waals surface area (Å²) in [6, 6.07) is 18.5. The Morgan fingerprint density at radius 1 is 0.882 bits per heavy atom. The molecule has 1 atom stereocenters. The number of pyridine rings is 1. The number of piperidine rings is 1. The normalized spacial score (nSPS) is 14.0. The Morgan fingerprint density at radius 3 is 1.91 bits per heavy atom. The van der Waals surface area contributed by atoms with E-state index in [4.69, 9.17) is 23.2 Å². The summed E-state index contributed by atoms with van der Waals surface area (Å²) in [6.45, 7) is 2.06. The summed E-state index contributed by atoms with van der Waals surface area (Å²) in [5.41, 5.74) is 2.81. The lowest BCUT2D eigenvalue weighted by Gasteiger charge is -2.27. The number of hydrogen-bond acceptors (Lipinski definition) is 4. The van der Waals surface area contributed by atoms with Crippen molar-refractivity contribution in [2.75, 3.05) is 13.1 Å². The number of aliphatic hydroxyl groups is 1. The monoisotopic (exact) mass is 502 g/mol. The van der Waals surface area contributed by atoms with Crippen molar-refractivity contribution in [3.8, 4) is 0 Å². The Bertz CT molecular complexity index is 958. The first-order valence-corrected chi connectivity index (χ1v) is 11.6. The molecule has 1 saturated heterocycles. The summed E-state index contributed by atoms with van der Waals surface area (Å²) in [4.78, 5) is 15.7. The molecular weight excluding hydrogens is 467 g/mol. The first-order valence-electron chi connectivity index (χ1n) is 10.8. The Labute approximate surface area is 214 Å². The molecule has 2 aromatic carbocycles. The molecule has 1 aliphatic rings. The topological polar surface area (TPSA) is 62.2 Å². The van der Waals surface area contributed by atoms with Crippen molar-refractivity contribution in [2.24, 2.45) is 5.92 Å². The second kappa shape index (κ2) is 15.6. The highest BCUT2D eigenvalue weighted by Gasteiger charge is 2.21. The molecule has 1 unspecified atom stereocenters. The highest BCUT2D eigenvalue weighted by atomic mass is 35.5. The van der Waals surface area contributed by atoms with Gasteiger partial charge in [0.1, 0.15) is 0 Å². The number of rotatable bonds is 6. The fourth-order valence-electron chi connectivity index (χ4n) is 3.69. The van der Waals surface area contributed by atoms with Gasteiger partial charge in [-0.05, 0) is 85.8 Å². The summed E-state index contributed by atoms with van der Waals surface area (Å²) >= 11 is 11.6. The molecule has 2 N–H and O–H groups in total. The van der Waals surface area contributed by atoms with Gasteiger partial charge in [0.05, 0.1) is 6.10 Å². The third kappa shape index (κ3) is 9.94. The van der Waals surface area contributed by atoms with E-state index in [2.05, 4.69) is 10.3 Å². The van der Waals surface area contributed by atoms with Gasteiger partial charge in [-0.3, -0.25) is 9.78 Å². The number of ketones is 1. The van der Waals surface area contributed by atoms with Gasteiger partial charge in [0.15, 0.2) is 5.78 Å². The zero-order chi connectivity index (χ0) is 22.8. The van der Waals surface area contributed by atoms with Crippen LogP contribution in [0.1, 0.15) is 49.2 Å². The maximum absolute atomic E-state index is 11.8. The van der Waals surface area contributed by atoms with E-state index in [0.29, 0.717) is 22.9 Å². The third-order valence-corrected chi connectivity index (χ3v) is 6.07. The number of nitrogens with one attached hydrogen (secondary N) is 1. The number of carbonyl (C=O) groups excluding carboxylic acids is 1. The number of halogens is 2. The summed E-state index contributed by atoms with van der Waals surface area (Å²) < 4.78 is 0. The van der Waals surface area contributed by atoms with E-state index in [1.807, 2.05) is 36.4 Å². The average Bonchev–Trinajstić information content (AvgIpc) is 2.83. The highest BCUT2D eigenvalue weighted by molar-refractivity contribution is 6.30. The van der Waals surface area contributed by atoms with Gasteiger partial charge in [0.2, 0.25) is 0 Å². The van der Waals surface area contributed by atoms with Gasteiger partial charge in [-0.2, -0.15) is 0 Å². The van der Waals surface area contributed by atoms with Crippen LogP contribution in [0.15, 0.2) is 73.1 Å². The van der Waals surface area contributed by atoms with Crippen molar-refractivity contribution < 1.29 is 9.90 Å². The molecule has 1 fully saturated rings. The van der Waals surface area contributed by atoms with Crippen LogP contribution in [0, 0.1) is 5.92 Å². The summed E-state index contributed by atoms with van der Waals surface area (Å²) in [5, 5.41) is 14.9. The molecule has 1 aliphatic heterocycles. The summed E-state index contributed by atoms with van der Waals surface area (Å²) in [6.07, 6.45) is 6.31. The first-order chi connectivity index (χ1) is 15.5. The number of aromatic nitrogens is 1. The van der Waals surface area contributed by atoms with Crippen LogP contribution in [0.3, 0.4) is 0 Å². The van der Waals surface area contributed by atoms with E-state index in [-0.39, 0.29) is 26.7 Å². The molecule has 3 aromatic rings. The number of benzene rings is 2. The number of aliphatic hydroxyl groups excluding tert-OH is 1. The fourth-order valence-corrected chi connectivity index (χ4v) is 3.94. The van der Waals surface area contributed by atoms with Gasteiger partial charge in [-0.25, -0.2) is 0 Å². The van der Waals surface area contributed by atoms with Crippen molar-refractivity contribution in [3.63, 3.8) is 0 Å². The van der Waals surface area contributed by atoms with E-state index in [1.165, 1.54) is 0 Å². The predicted octanol–water partition coefficient (Wildman–Crippen LogP) is 6.68. The second-order valence-corrected chi connectivity index (χ2v) is 8.82. The maximum atomic E-state index is 11.8. The van der Waals surface area contributed by atoms with Crippen molar-refractivity contribution >= 4 is 29.0 Å². The largest absolute Gasteiger partial charge is 0.392 e. The van der Waals surface area contributed by atoms with Gasteiger partial charge in [0, 0.05) is 34.4 Å². The van der Waals surface area contributed by atoms with Crippen LogP contribution in [0.5, 0.6) is 0 Å². The van der Waals surface area contributed by atoms with E-state index in [9.17, 15) is 9.90 Å². The van der Waals surface area contributed by atoms with E-state index < -0.39 is 0 Å². The van der Waals surface area contributed by atoms with Crippen LogP contribution in [0.25, 0.3) is 0 Å². The fraction of sp³-hybridized carbons (Fsp3) is 0.357. The molecule has 184 valence electrons. The number of Topliss-reactive ketones (excluding diaryl/α,β-unsaturated/α-hetero) is 1. The van der Waals surface area contributed by atoms with Gasteiger partial charge in [-0.15, -0.1) is 0 Å². The van der Waals surface area contributed by atoms with Crippen LogP contribution in [0.4, 0.5) is 0 Å². The molecule has 0 saturated carbocycles. The van der Waals surface area contributed by atoms with Crippen LogP contribution in [0.2, 0.25) is 10.0 Å². The zero-order valence-electron chi connectivity index (χ0n) is 17.9. The lowest BCUT2D eigenvalue weighted by atomic mass is 9.89. The summed E-state index contributed by atoms with van der Waals surface area (Å²) in [7, 11) is 0. The molecule has 1 aromatic heterocycles. The molecule has 0 aliphatic carbocycles. The smallest absolute Gasteiger partial charge is 0.167 e. The van der Waals surface area contributed by atoms with Gasteiger partial charge >= 0.3 is 0 Å². The predicted molar refractivity (Wildman–Crippen MR) is 144 cm³/mol. The second-order valence-electron chi connectivity index (χ2n) is 7.95. The van der Waals surface area contributed by atoms with Crippen molar-refractivity contribution in [1.29, 1.82) is 0 Å². The van der Waals surface area contributed by atoms with E-state index in [1.54, 1.807) is 36.7 Å². The maximum Gasteiger partial charge on any atom is 0.167 e. The van der Waals surface area contributed by atoms with Crippen molar-refractivity contribution in [2.45, 2.75) is 46.6 Å². The molecule has 2 heterocycles. The molecule has 0 amide bonds. The van der Waals surface area contributed by atoms with Crippen LogP contribution >= 0.6 is 23.2 Å². The van der Waals surface area contributed by atoms with E-state index >= 15 is 0 Å². The SMILES string of the molecule is C.C.O=C(Cc1ccc(Cl)cc1)c1ccncc1.OC(Cc1ccc(Cl)cc1)C1CCNCC1. The van der Waals surface area contributed by atoms with Crippen LogP contribution in [-0.4, -0.2) is 35.1 Å². The molecule has 6 heteroatoms. The standard InChI is InChI=1S/C13H18ClNO.C13H10ClNO.2CH4/c2*14-12-3-1-10(2-4-12)9-13(16)11-5-7-15-8-6-11;;/h1-4,11,13,15-16H,5-9H2;1-8H,9H2;2*1H4. The zero-order valence-corrected chi connectivity index (χ0v) is 19.4. The van der Waals surface area contributed by atoms with Crippen molar-refractivity contribution in [1.82, 2.24) is 10.3 Å². The molecule has 34 heavy (non-hydrogen) atoms. The Balaban J connectivity index is 0.000000321. The van der Waals surface area contributed by atoms with Gasteiger partial charge in [0.25, 0.3) is 0 Å². The number of hydrogen-bond donors (Lipinski definition) is 2.